The summed E-state index contributed by atoms with van der Waals surface area (Å²) >= 11 is 0. The van der Waals surface area contributed by atoms with Crippen molar-refractivity contribution in [2.45, 2.75) is 32.5 Å². The molecule has 0 unspecified atom stereocenters. The van der Waals surface area contributed by atoms with E-state index in [1.807, 2.05) is 13.8 Å². The quantitative estimate of drug-likeness (QED) is 0.423. The smallest absolute Gasteiger partial charge is 0.289 e. The molecule has 2 atom stereocenters. The van der Waals surface area contributed by atoms with E-state index in [0.29, 0.717) is 30.7 Å². The molecule has 2 aromatic heterocycles. The van der Waals surface area contributed by atoms with Gasteiger partial charge in [-0.2, -0.15) is 4.98 Å². The highest BCUT2D eigenvalue weighted by atomic mass is 19.1. The van der Waals surface area contributed by atoms with E-state index in [2.05, 4.69) is 14.9 Å². The Morgan fingerprint density at radius 3 is 2.50 bits per heavy atom. The summed E-state index contributed by atoms with van der Waals surface area (Å²) in [5.41, 5.74) is 6.70. The van der Waals surface area contributed by atoms with Crippen LogP contribution in [0, 0.1) is 5.82 Å². The van der Waals surface area contributed by atoms with E-state index in [-0.39, 0.29) is 40.8 Å². The lowest BCUT2D eigenvalue weighted by Crippen LogP contribution is -2.57. The van der Waals surface area contributed by atoms with Gasteiger partial charge >= 0.3 is 0 Å². The van der Waals surface area contributed by atoms with Crippen LogP contribution in [0.1, 0.15) is 40.1 Å². The summed E-state index contributed by atoms with van der Waals surface area (Å²) in [7, 11) is 1.41. The van der Waals surface area contributed by atoms with Gasteiger partial charge in [0.2, 0.25) is 5.88 Å². The van der Waals surface area contributed by atoms with Gasteiger partial charge in [0.25, 0.3) is 17.6 Å². The Kier molecular flexibility index (Phi) is 6.34. The minimum Gasteiger partial charge on any atom is -0.480 e. The molecule has 10 heteroatoms. The van der Waals surface area contributed by atoms with Crippen LogP contribution in [0.15, 0.2) is 36.5 Å². The molecule has 1 aliphatic rings. The van der Waals surface area contributed by atoms with Crippen molar-refractivity contribution in [2.24, 2.45) is 5.73 Å². The third kappa shape index (κ3) is 4.36. The van der Waals surface area contributed by atoms with Gasteiger partial charge in [0, 0.05) is 43.3 Å². The summed E-state index contributed by atoms with van der Waals surface area (Å²) in [6, 6.07) is 7.84. The summed E-state index contributed by atoms with van der Waals surface area (Å²) in [6.07, 6.45) is 1.34. The molecule has 0 bridgehead atoms. The van der Waals surface area contributed by atoms with Crippen LogP contribution >= 0.6 is 0 Å². The van der Waals surface area contributed by atoms with Gasteiger partial charge in [0.05, 0.1) is 12.7 Å². The Bertz CT molecular complexity index is 1260. The van der Waals surface area contributed by atoms with Crippen LogP contribution in [0.25, 0.3) is 11.0 Å². The first-order chi connectivity index (χ1) is 16.2. The lowest BCUT2D eigenvalue weighted by atomic mass is 10.0. The van der Waals surface area contributed by atoms with E-state index in [0.717, 1.165) is 5.56 Å². The van der Waals surface area contributed by atoms with Crippen LogP contribution in [-0.2, 0) is 11.3 Å². The van der Waals surface area contributed by atoms with Gasteiger partial charge in [-0.3, -0.25) is 19.3 Å². The van der Waals surface area contributed by atoms with Crippen LogP contribution in [0.2, 0.25) is 0 Å². The minimum absolute atomic E-state index is 0.0483. The number of nitrogens with zero attached hydrogens (tertiary/aromatic N) is 3. The molecule has 3 heterocycles. The molecule has 4 rings (SSSR count). The molecule has 0 radical (unpaired) electrons. The summed E-state index contributed by atoms with van der Waals surface area (Å²) < 4.78 is 18.6. The number of H-pyrrole nitrogens is 1. The number of pyridine rings is 1. The monoisotopic (exact) mass is 467 g/mol. The number of carbonyl (C=O) groups is 3. The number of Topliss-reactive ketones (excluding diaryl/α,β-unsaturated/α-hetero) is 1. The molecule has 0 saturated carbocycles. The van der Waals surface area contributed by atoms with Crippen molar-refractivity contribution < 1.29 is 23.5 Å². The number of ether oxygens (including phenoxy) is 1. The zero-order chi connectivity index (χ0) is 24.6. The lowest BCUT2D eigenvalue weighted by Gasteiger charge is -2.44. The van der Waals surface area contributed by atoms with Crippen molar-refractivity contribution in [1.29, 1.82) is 0 Å². The first-order valence-electron chi connectivity index (χ1n) is 10.9. The molecule has 0 spiro atoms. The van der Waals surface area contributed by atoms with Crippen molar-refractivity contribution in [1.82, 2.24) is 19.8 Å². The molecule has 1 saturated heterocycles. The Morgan fingerprint density at radius 2 is 1.85 bits per heavy atom. The topological polar surface area (TPSA) is 122 Å². The fourth-order valence-corrected chi connectivity index (χ4v) is 4.34. The van der Waals surface area contributed by atoms with E-state index < -0.39 is 11.7 Å². The first kappa shape index (κ1) is 23.4. The third-order valence-corrected chi connectivity index (χ3v) is 6.20. The van der Waals surface area contributed by atoms with E-state index >= 15 is 0 Å². The number of hydrogen-bond donors (Lipinski definition) is 2. The number of methoxy groups -OCH3 is 1. The van der Waals surface area contributed by atoms with Crippen LogP contribution in [0.3, 0.4) is 0 Å². The number of piperazine rings is 1. The summed E-state index contributed by atoms with van der Waals surface area (Å²) in [5, 5.41) is 0.323. The number of aromatic nitrogens is 2. The molecule has 3 N–H and O–H groups in total. The zero-order valence-electron chi connectivity index (χ0n) is 19.2. The van der Waals surface area contributed by atoms with Crippen molar-refractivity contribution >= 4 is 28.6 Å². The number of nitrogens with one attached hydrogen (secondary N) is 1. The van der Waals surface area contributed by atoms with Gasteiger partial charge in [0.1, 0.15) is 17.0 Å². The predicted octanol–water partition coefficient (Wildman–Crippen LogP) is 2.11. The number of primary amides is 1. The van der Waals surface area contributed by atoms with Crippen LogP contribution in [-0.4, -0.2) is 69.6 Å². The van der Waals surface area contributed by atoms with Gasteiger partial charge in [-0.25, -0.2) is 4.39 Å². The van der Waals surface area contributed by atoms with Gasteiger partial charge in [-0.15, -0.1) is 0 Å². The second-order valence-electron chi connectivity index (χ2n) is 8.55. The lowest BCUT2D eigenvalue weighted by molar-refractivity contribution is -0.114. The Labute approximate surface area is 195 Å². The molecule has 0 aliphatic carbocycles. The Morgan fingerprint density at radius 1 is 1.15 bits per heavy atom. The number of ketones is 1. The Balaban J connectivity index is 1.60. The molecule has 9 nitrogen and oxygen atoms in total. The number of amides is 2. The zero-order valence-corrected chi connectivity index (χ0v) is 19.2. The summed E-state index contributed by atoms with van der Waals surface area (Å²) in [4.78, 5) is 48.3. The van der Waals surface area contributed by atoms with E-state index in [1.165, 1.54) is 31.5 Å². The number of nitrogens with two attached hydrogens (primary N) is 1. The third-order valence-electron chi connectivity index (χ3n) is 6.20. The predicted molar refractivity (Wildman–Crippen MR) is 123 cm³/mol. The summed E-state index contributed by atoms with van der Waals surface area (Å²) in [5.74, 6) is -2.41. The molecule has 34 heavy (non-hydrogen) atoms. The second kappa shape index (κ2) is 9.22. The van der Waals surface area contributed by atoms with E-state index in [1.54, 1.807) is 17.0 Å². The maximum absolute atomic E-state index is 13.6. The molecular formula is C24H26FN5O4. The highest BCUT2D eigenvalue weighted by Gasteiger charge is 2.34. The minimum atomic E-state index is -1.09. The van der Waals surface area contributed by atoms with Crippen molar-refractivity contribution in [2.75, 3.05) is 20.2 Å². The maximum atomic E-state index is 13.6. The van der Waals surface area contributed by atoms with E-state index in [9.17, 15) is 18.8 Å². The van der Waals surface area contributed by atoms with E-state index in [4.69, 9.17) is 10.5 Å². The normalized spacial score (nSPS) is 18.8. The number of rotatable bonds is 6. The SMILES string of the molecule is COc1nc2[nH]cc(C(=O)C(N)=O)c2cc1C(=O)N1C[C@H](C)N(Cc2ccc(F)cc2)C[C@H]1C. The molecule has 1 aliphatic heterocycles. The van der Waals surface area contributed by atoms with Crippen molar-refractivity contribution in [3.8, 4) is 5.88 Å². The average Bonchev–Trinajstić information content (AvgIpc) is 3.23. The Hall–Kier alpha value is -3.79. The van der Waals surface area contributed by atoms with Crippen LogP contribution in [0.5, 0.6) is 5.88 Å². The molecule has 1 fully saturated rings. The second-order valence-corrected chi connectivity index (χ2v) is 8.55. The van der Waals surface area contributed by atoms with Gasteiger partial charge in [-0.1, -0.05) is 12.1 Å². The molecule has 178 valence electrons. The van der Waals surface area contributed by atoms with Crippen molar-refractivity contribution in [3.05, 3.63) is 59.0 Å². The fourth-order valence-electron chi connectivity index (χ4n) is 4.34. The average molecular weight is 468 g/mol. The van der Waals surface area contributed by atoms with Crippen molar-refractivity contribution in [3.63, 3.8) is 0 Å². The number of benzene rings is 1. The highest BCUT2D eigenvalue weighted by molar-refractivity contribution is 6.44. The molecule has 3 aromatic rings. The number of carbonyl (C=O) groups excluding carboxylic acids is 3. The highest BCUT2D eigenvalue weighted by Crippen LogP contribution is 2.28. The number of hydrogen-bond acceptors (Lipinski definition) is 6. The molecule has 1 aromatic carbocycles. The van der Waals surface area contributed by atoms with Gasteiger partial charge < -0.3 is 20.4 Å². The number of halogens is 1. The van der Waals surface area contributed by atoms with Gasteiger partial charge in [0.15, 0.2) is 0 Å². The number of fused-ring (bicyclic) bond motifs is 1. The first-order valence-corrected chi connectivity index (χ1v) is 10.9. The standard InChI is InChI=1S/C24H26FN5O4/c1-13-11-30(14(2)10-29(13)12-15-4-6-16(25)7-5-15)24(33)18-8-17-19(20(31)21(26)32)9-27-22(17)28-23(18)34-3/h4-9,13-14H,10-12H2,1-3H3,(H2,26,32)(H,27,28)/t13-,14+/m0/s1. The van der Waals surface area contributed by atoms with Gasteiger partial charge in [-0.05, 0) is 37.6 Å². The fraction of sp³-hybridized carbons (Fsp3) is 0.333. The maximum Gasteiger partial charge on any atom is 0.289 e. The summed E-state index contributed by atoms with van der Waals surface area (Å²) in [6.45, 7) is 5.72. The van der Waals surface area contributed by atoms with Crippen LogP contribution < -0.4 is 10.5 Å². The largest absolute Gasteiger partial charge is 0.480 e. The van der Waals surface area contributed by atoms with Crippen LogP contribution in [0.4, 0.5) is 4.39 Å². The number of aromatic amines is 1. The molecular weight excluding hydrogens is 441 g/mol. The molecule has 2 amide bonds.